The van der Waals surface area contributed by atoms with Crippen molar-refractivity contribution in [1.29, 1.82) is 0 Å². The molecule has 3 aromatic rings. The highest BCUT2D eigenvalue weighted by Gasteiger charge is 2.15. The molecule has 0 saturated carbocycles. The van der Waals surface area contributed by atoms with Gasteiger partial charge < -0.3 is 10.5 Å². The fourth-order valence-electron chi connectivity index (χ4n) is 2.23. The van der Waals surface area contributed by atoms with Crippen LogP contribution in [0.3, 0.4) is 0 Å². The lowest BCUT2D eigenvalue weighted by molar-refractivity contribution is 0.415. The van der Waals surface area contributed by atoms with Crippen LogP contribution in [0.2, 0.25) is 0 Å². The maximum absolute atomic E-state index is 5.90. The quantitative estimate of drug-likeness (QED) is 0.798. The fourth-order valence-corrected chi connectivity index (χ4v) is 3.12. The van der Waals surface area contributed by atoms with Gasteiger partial charge in [0.15, 0.2) is 4.96 Å². The molecular formula is C14H15N3OS. The average molecular weight is 273 g/mol. The third kappa shape index (κ3) is 1.91. The van der Waals surface area contributed by atoms with E-state index in [-0.39, 0.29) is 0 Å². The molecule has 0 unspecified atom stereocenters. The van der Waals surface area contributed by atoms with E-state index in [1.807, 2.05) is 24.3 Å². The Labute approximate surface area is 115 Å². The summed E-state index contributed by atoms with van der Waals surface area (Å²) in [6.07, 6.45) is 0. The van der Waals surface area contributed by atoms with Crippen molar-refractivity contribution in [2.24, 2.45) is 5.73 Å². The van der Waals surface area contributed by atoms with Crippen LogP contribution >= 0.6 is 11.3 Å². The monoisotopic (exact) mass is 273 g/mol. The standard InChI is InChI=1S/C14H15N3OS/c1-9-8-19-14-16-13(12(7-15)17(9)14)10-3-5-11(18-2)6-4-10/h3-6,8H,7,15H2,1-2H3. The number of nitrogens with two attached hydrogens (primary N) is 1. The van der Waals surface area contributed by atoms with E-state index >= 15 is 0 Å². The molecule has 0 aliphatic rings. The fraction of sp³-hybridized carbons (Fsp3) is 0.214. The van der Waals surface area contributed by atoms with Crippen LogP contribution in [0.25, 0.3) is 16.2 Å². The molecule has 0 saturated heterocycles. The molecule has 1 aromatic carbocycles. The van der Waals surface area contributed by atoms with Crippen molar-refractivity contribution in [3.63, 3.8) is 0 Å². The summed E-state index contributed by atoms with van der Waals surface area (Å²) in [6.45, 7) is 2.54. The lowest BCUT2D eigenvalue weighted by Crippen LogP contribution is -2.03. The van der Waals surface area contributed by atoms with E-state index in [0.29, 0.717) is 6.54 Å². The van der Waals surface area contributed by atoms with Gasteiger partial charge in [-0.3, -0.25) is 4.40 Å². The van der Waals surface area contributed by atoms with E-state index in [4.69, 9.17) is 15.5 Å². The first-order valence-electron chi connectivity index (χ1n) is 6.04. The molecule has 2 heterocycles. The van der Waals surface area contributed by atoms with Crippen LogP contribution in [0, 0.1) is 6.92 Å². The molecule has 0 aliphatic heterocycles. The molecule has 0 spiro atoms. The summed E-state index contributed by atoms with van der Waals surface area (Å²) in [4.78, 5) is 5.68. The van der Waals surface area contributed by atoms with Crippen LogP contribution in [0.5, 0.6) is 5.75 Å². The molecule has 5 heteroatoms. The lowest BCUT2D eigenvalue weighted by atomic mass is 10.1. The Hall–Kier alpha value is -1.85. The maximum atomic E-state index is 5.90. The van der Waals surface area contributed by atoms with Crippen molar-refractivity contribution in [2.45, 2.75) is 13.5 Å². The molecule has 2 aromatic heterocycles. The zero-order chi connectivity index (χ0) is 13.4. The Kier molecular flexibility index (Phi) is 3.00. The van der Waals surface area contributed by atoms with Crippen molar-refractivity contribution in [3.8, 4) is 17.0 Å². The maximum Gasteiger partial charge on any atom is 0.194 e. The molecule has 19 heavy (non-hydrogen) atoms. The summed E-state index contributed by atoms with van der Waals surface area (Å²) >= 11 is 1.64. The highest BCUT2D eigenvalue weighted by atomic mass is 32.1. The highest BCUT2D eigenvalue weighted by Crippen LogP contribution is 2.29. The van der Waals surface area contributed by atoms with Gasteiger partial charge >= 0.3 is 0 Å². The van der Waals surface area contributed by atoms with Gasteiger partial charge in [-0.05, 0) is 31.2 Å². The minimum atomic E-state index is 0.472. The number of thiazole rings is 1. The number of aromatic nitrogens is 2. The summed E-state index contributed by atoms with van der Waals surface area (Å²) in [5, 5.41) is 2.10. The second-order valence-electron chi connectivity index (χ2n) is 4.33. The average Bonchev–Trinajstić information content (AvgIpc) is 2.99. The zero-order valence-electron chi connectivity index (χ0n) is 10.9. The predicted molar refractivity (Wildman–Crippen MR) is 77.7 cm³/mol. The SMILES string of the molecule is COc1ccc(-c2nc3scc(C)n3c2CN)cc1. The number of imidazole rings is 1. The summed E-state index contributed by atoms with van der Waals surface area (Å²) in [5.41, 5.74) is 10.2. The van der Waals surface area contributed by atoms with Crippen LogP contribution in [0.15, 0.2) is 29.6 Å². The molecule has 3 rings (SSSR count). The Bertz CT molecular complexity index is 712. The van der Waals surface area contributed by atoms with E-state index in [9.17, 15) is 0 Å². The topological polar surface area (TPSA) is 52.5 Å². The number of rotatable bonds is 3. The summed E-state index contributed by atoms with van der Waals surface area (Å²) in [6, 6.07) is 7.91. The Morgan fingerprint density at radius 3 is 2.68 bits per heavy atom. The van der Waals surface area contributed by atoms with Crippen molar-refractivity contribution in [3.05, 3.63) is 41.0 Å². The minimum Gasteiger partial charge on any atom is -0.497 e. The number of hydrogen-bond acceptors (Lipinski definition) is 4. The number of methoxy groups -OCH3 is 1. The molecule has 0 radical (unpaired) electrons. The first kappa shape index (κ1) is 12.2. The number of benzene rings is 1. The molecule has 0 bridgehead atoms. The molecular weight excluding hydrogens is 258 g/mol. The highest BCUT2D eigenvalue weighted by molar-refractivity contribution is 7.15. The van der Waals surface area contributed by atoms with Gasteiger partial charge in [-0.1, -0.05) is 0 Å². The number of aryl methyl sites for hydroxylation is 1. The number of nitrogens with zero attached hydrogens (tertiary/aromatic N) is 2. The van der Waals surface area contributed by atoms with E-state index in [1.165, 1.54) is 5.69 Å². The van der Waals surface area contributed by atoms with Crippen molar-refractivity contribution in [2.75, 3.05) is 7.11 Å². The van der Waals surface area contributed by atoms with Crippen LogP contribution in [-0.4, -0.2) is 16.5 Å². The van der Waals surface area contributed by atoms with Gasteiger partial charge in [-0.25, -0.2) is 4.98 Å². The van der Waals surface area contributed by atoms with Crippen LogP contribution in [-0.2, 0) is 6.54 Å². The number of ether oxygens (including phenoxy) is 1. The van der Waals surface area contributed by atoms with E-state index < -0.39 is 0 Å². The van der Waals surface area contributed by atoms with Crippen molar-refractivity contribution < 1.29 is 4.74 Å². The largest absolute Gasteiger partial charge is 0.497 e. The lowest BCUT2D eigenvalue weighted by Gasteiger charge is -2.04. The van der Waals surface area contributed by atoms with Crippen LogP contribution in [0.4, 0.5) is 0 Å². The minimum absolute atomic E-state index is 0.472. The Morgan fingerprint density at radius 2 is 2.05 bits per heavy atom. The van der Waals surface area contributed by atoms with Crippen molar-refractivity contribution >= 4 is 16.3 Å². The van der Waals surface area contributed by atoms with E-state index in [2.05, 4.69) is 16.7 Å². The summed E-state index contributed by atoms with van der Waals surface area (Å²) in [5.74, 6) is 0.843. The molecule has 98 valence electrons. The van der Waals surface area contributed by atoms with Gasteiger partial charge in [0.05, 0.1) is 18.5 Å². The van der Waals surface area contributed by atoms with Gasteiger partial charge in [0, 0.05) is 23.2 Å². The second-order valence-corrected chi connectivity index (χ2v) is 5.17. The van der Waals surface area contributed by atoms with Gasteiger partial charge in [-0.2, -0.15) is 0 Å². The Balaban J connectivity index is 2.17. The molecule has 2 N–H and O–H groups in total. The van der Waals surface area contributed by atoms with Crippen molar-refractivity contribution in [1.82, 2.24) is 9.38 Å². The zero-order valence-corrected chi connectivity index (χ0v) is 11.7. The van der Waals surface area contributed by atoms with Crippen LogP contribution in [0.1, 0.15) is 11.4 Å². The smallest absolute Gasteiger partial charge is 0.194 e. The van der Waals surface area contributed by atoms with Crippen LogP contribution < -0.4 is 10.5 Å². The number of fused-ring (bicyclic) bond motifs is 1. The summed E-state index contributed by atoms with van der Waals surface area (Å²) in [7, 11) is 1.66. The normalized spacial score (nSPS) is 11.1. The third-order valence-electron chi connectivity index (χ3n) is 3.19. The molecule has 4 nitrogen and oxygen atoms in total. The first-order chi connectivity index (χ1) is 9.24. The summed E-state index contributed by atoms with van der Waals surface area (Å²) < 4.78 is 7.31. The van der Waals surface area contributed by atoms with E-state index in [1.54, 1.807) is 18.4 Å². The number of hydrogen-bond donors (Lipinski definition) is 1. The second kappa shape index (κ2) is 4.68. The van der Waals surface area contributed by atoms with Gasteiger partial charge in [-0.15, -0.1) is 11.3 Å². The van der Waals surface area contributed by atoms with Gasteiger partial charge in [0.25, 0.3) is 0 Å². The Morgan fingerprint density at radius 1 is 1.32 bits per heavy atom. The molecule has 0 aliphatic carbocycles. The van der Waals surface area contributed by atoms with Gasteiger partial charge in [0.1, 0.15) is 5.75 Å². The first-order valence-corrected chi connectivity index (χ1v) is 6.92. The molecule has 0 atom stereocenters. The predicted octanol–water partition coefficient (Wildman–Crippen LogP) is 2.84. The van der Waals surface area contributed by atoms with Gasteiger partial charge in [0.2, 0.25) is 0 Å². The molecule has 0 fully saturated rings. The van der Waals surface area contributed by atoms with E-state index in [0.717, 1.165) is 27.7 Å². The third-order valence-corrected chi connectivity index (χ3v) is 4.13. The molecule has 0 amide bonds.